The van der Waals surface area contributed by atoms with Gasteiger partial charge in [-0.3, -0.25) is 5.10 Å². The summed E-state index contributed by atoms with van der Waals surface area (Å²) in [6.45, 7) is 0.868. The predicted molar refractivity (Wildman–Crippen MR) is 67.7 cm³/mol. The SMILES string of the molecule is c1cc(CNc2ccc3[nH]ncc3c2)cs1. The van der Waals surface area contributed by atoms with Crippen LogP contribution in [-0.4, -0.2) is 10.2 Å². The van der Waals surface area contributed by atoms with E-state index in [0.717, 1.165) is 23.1 Å². The van der Waals surface area contributed by atoms with Crippen molar-refractivity contribution in [2.24, 2.45) is 0 Å². The maximum Gasteiger partial charge on any atom is 0.0651 e. The Morgan fingerprint density at radius 2 is 2.31 bits per heavy atom. The molecule has 3 nitrogen and oxygen atoms in total. The van der Waals surface area contributed by atoms with Crippen LogP contribution < -0.4 is 5.32 Å². The molecule has 0 aliphatic rings. The highest BCUT2D eigenvalue weighted by atomic mass is 32.1. The molecule has 0 spiro atoms. The van der Waals surface area contributed by atoms with Crippen LogP contribution in [0, 0.1) is 0 Å². The standard InChI is InChI=1S/C12H11N3S/c1-2-12-10(7-14-15-12)5-11(1)13-6-9-3-4-16-8-9/h1-5,7-8,13H,6H2,(H,14,15). The van der Waals surface area contributed by atoms with Crippen LogP contribution in [0.3, 0.4) is 0 Å². The van der Waals surface area contributed by atoms with Crippen LogP contribution in [0.5, 0.6) is 0 Å². The zero-order valence-electron chi connectivity index (χ0n) is 8.60. The lowest BCUT2D eigenvalue weighted by Crippen LogP contribution is -1.97. The van der Waals surface area contributed by atoms with Crippen molar-refractivity contribution in [2.45, 2.75) is 6.54 Å². The van der Waals surface area contributed by atoms with Crippen molar-refractivity contribution in [3.63, 3.8) is 0 Å². The minimum atomic E-state index is 0.868. The van der Waals surface area contributed by atoms with E-state index in [9.17, 15) is 0 Å². The van der Waals surface area contributed by atoms with E-state index >= 15 is 0 Å². The van der Waals surface area contributed by atoms with Crippen LogP contribution in [0.1, 0.15) is 5.56 Å². The Morgan fingerprint density at radius 1 is 1.31 bits per heavy atom. The lowest BCUT2D eigenvalue weighted by molar-refractivity contribution is 1.12. The molecule has 0 saturated carbocycles. The highest BCUT2D eigenvalue weighted by Crippen LogP contribution is 2.17. The van der Waals surface area contributed by atoms with Gasteiger partial charge in [-0.15, -0.1) is 0 Å². The van der Waals surface area contributed by atoms with E-state index in [-0.39, 0.29) is 0 Å². The highest BCUT2D eigenvalue weighted by molar-refractivity contribution is 7.07. The summed E-state index contributed by atoms with van der Waals surface area (Å²) in [4.78, 5) is 0. The van der Waals surface area contributed by atoms with Gasteiger partial charge in [0.15, 0.2) is 0 Å². The monoisotopic (exact) mass is 229 g/mol. The molecule has 2 heterocycles. The number of nitrogens with one attached hydrogen (secondary N) is 2. The van der Waals surface area contributed by atoms with Gasteiger partial charge in [-0.05, 0) is 40.6 Å². The van der Waals surface area contributed by atoms with Gasteiger partial charge in [-0.2, -0.15) is 16.4 Å². The summed E-state index contributed by atoms with van der Waals surface area (Å²) in [5.41, 5.74) is 3.51. The molecule has 0 saturated heterocycles. The second-order valence-corrected chi connectivity index (χ2v) is 4.44. The maximum atomic E-state index is 4.00. The molecule has 16 heavy (non-hydrogen) atoms. The quantitative estimate of drug-likeness (QED) is 0.724. The molecule has 0 atom stereocenters. The summed E-state index contributed by atoms with van der Waals surface area (Å²) in [5.74, 6) is 0. The lowest BCUT2D eigenvalue weighted by atomic mass is 10.2. The number of fused-ring (bicyclic) bond motifs is 1. The van der Waals surface area contributed by atoms with Crippen molar-refractivity contribution >= 4 is 27.9 Å². The first-order valence-corrected chi connectivity index (χ1v) is 6.04. The van der Waals surface area contributed by atoms with E-state index in [4.69, 9.17) is 0 Å². The fourth-order valence-electron chi connectivity index (χ4n) is 1.65. The van der Waals surface area contributed by atoms with E-state index in [1.165, 1.54) is 5.56 Å². The number of anilines is 1. The largest absolute Gasteiger partial charge is 0.381 e. The van der Waals surface area contributed by atoms with E-state index in [1.807, 2.05) is 12.3 Å². The number of nitrogens with zero attached hydrogens (tertiary/aromatic N) is 1. The molecule has 3 rings (SSSR count). The van der Waals surface area contributed by atoms with Gasteiger partial charge in [-0.1, -0.05) is 0 Å². The molecule has 0 bridgehead atoms. The van der Waals surface area contributed by atoms with Crippen LogP contribution in [0.15, 0.2) is 41.2 Å². The number of aromatic nitrogens is 2. The molecule has 80 valence electrons. The molecular formula is C12H11N3S. The molecule has 0 radical (unpaired) electrons. The van der Waals surface area contributed by atoms with Crippen LogP contribution in [0.4, 0.5) is 5.69 Å². The Bertz CT molecular complexity index is 583. The first kappa shape index (κ1) is 9.42. The average molecular weight is 229 g/mol. The zero-order valence-corrected chi connectivity index (χ0v) is 9.42. The number of benzene rings is 1. The molecular weight excluding hydrogens is 218 g/mol. The van der Waals surface area contributed by atoms with Gasteiger partial charge in [0, 0.05) is 17.6 Å². The molecule has 0 amide bonds. The Balaban J connectivity index is 1.78. The van der Waals surface area contributed by atoms with Crippen LogP contribution in [0.2, 0.25) is 0 Å². The topological polar surface area (TPSA) is 40.7 Å². The molecule has 1 aromatic carbocycles. The van der Waals surface area contributed by atoms with Gasteiger partial charge in [0.05, 0.1) is 11.7 Å². The number of H-pyrrole nitrogens is 1. The number of hydrogen-bond acceptors (Lipinski definition) is 3. The molecule has 2 aromatic heterocycles. The van der Waals surface area contributed by atoms with Crippen molar-refractivity contribution in [2.75, 3.05) is 5.32 Å². The summed E-state index contributed by atoms with van der Waals surface area (Å²) in [6.07, 6.45) is 1.84. The Morgan fingerprint density at radius 3 is 3.19 bits per heavy atom. The highest BCUT2D eigenvalue weighted by Gasteiger charge is 1.98. The fraction of sp³-hybridized carbons (Fsp3) is 0.0833. The summed E-state index contributed by atoms with van der Waals surface area (Å²) >= 11 is 1.72. The third-order valence-electron chi connectivity index (χ3n) is 2.52. The third kappa shape index (κ3) is 1.79. The summed E-state index contributed by atoms with van der Waals surface area (Å²) in [5, 5.41) is 15.7. The first-order valence-electron chi connectivity index (χ1n) is 5.10. The summed E-state index contributed by atoms with van der Waals surface area (Å²) < 4.78 is 0. The Labute approximate surface area is 97.1 Å². The van der Waals surface area contributed by atoms with Crippen molar-refractivity contribution in [3.05, 3.63) is 46.8 Å². The average Bonchev–Trinajstić information content (AvgIpc) is 2.97. The predicted octanol–water partition coefficient (Wildman–Crippen LogP) is 3.24. The maximum absolute atomic E-state index is 4.00. The zero-order chi connectivity index (χ0) is 10.8. The van der Waals surface area contributed by atoms with Crippen molar-refractivity contribution in [3.8, 4) is 0 Å². The molecule has 0 unspecified atom stereocenters. The number of aromatic amines is 1. The summed E-state index contributed by atoms with van der Waals surface area (Å²) in [6, 6.07) is 8.34. The number of thiophene rings is 1. The van der Waals surface area contributed by atoms with E-state index in [2.05, 4.69) is 44.5 Å². The van der Waals surface area contributed by atoms with Crippen molar-refractivity contribution < 1.29 is 0 Å². The van der Waals surface area contributed by atoms with Crippen LogP contribution in [0.25, 0.3) is 10.9 Å². The van der Waals surface area contributed by atoms with Crippen LogP contribution in [-0.2, 0) is 6.54 Å². The third-order valence-corrected chi connectivity index (χ3v) is 3.25. The smallest absolute Gasteiger partial charge is 0.0651 e. The number of hydrogen-bond donors (Lipinski definition) is 2. The summed E-state index contributed by atoms with van der Waals surface area (Å²) in [7, 11) is 0. The molecule has 4 heteroatoms. The van der Waals surface area contributed by atoms with Crippen LogP contribution >= 0.6 is 11.3 Å². The van der Waals surface area contributed by atoms with Gasteiger partial charge in [0.2, 0.25) is 0 Å². The minimum absolute atomic E-state index is 0.868. The molecule has 0 fully saturated rings. The Hall–Kier alpha value is -1.81. The molecule has 0 aliphatic carbocycles. The van der Waals surface area contributed by atoms with Gasteiger partial charge in [0.25, 0.3) is 0 Å². The van der Waals surface area contributed by atoms with E-state index < -0.39 is 0 Å². The normalized spacial score (nSPS) is 10.8. The molecule has 0 aliphatic heterocycles. The van der Waals surface area contributed by atoms with Gasteiger partial charge in [-0.25, -0.2) is 0 Å². The Kier molecular flexibility index (Phi) is 2.34. The lowest BCUT2D eigenvalue weighted by Gasteiger charge is -2.04. The van der Waals surface area contributed by atoms with Crippen molar-refractivity contribution in [1.82, 2.24) is 10.2 Å². The van der Waals surface area contributed by atoms with Gasteiger partial charge >= 0.3 is 0 Å². The fourth-order valence-corrected chi connectivity index (χ4v) is 2.32. The number of rotatable bonds is 3. The molecule has 3 aromatic rings. The van der Waals surface area contributed by atoms with Crippen molar-refractivity contribution in [1.29, 1.82) is 0 Å². The minimum Gasteiger partial charge on any atom is -0.381 e. The second kappa shape index (κ2) is 3.98. The van der Waals surface area contributed by atoms with Gasteiger partial charge < -0.3 is 5.32 Å². The molecule has 2 N–H and O–H groups in total. The first-order chi connectivity index (χ1) is 7.92. The van der Waals surface area contributed by atoms with E-state index in [0.29, 0.717) is 0 Å². The van der Waals surface area contributed by atoms with Gasteiger partial charge in [0.1, 0.15) is 0 Å². The van der Waals surface area contributed by atoms with E-state index in [1.54, 1.807) is 11.3 Å². The second-order valence-electron chi connectivity index (χ2n) is 3.66.